The van der Waals surface area contributed by atoms with Gasteiger partial charge in [-0.2, -0.15) is 0 Å². The van der Waals surface area contributed by atoms with Crippen LogP contribution in [0.15, 0.2) is 0 Å². The van der Waals surface area contributed by atoms with Crippen molar-refractivity contribution in [3.8, 4) is 0 Å². The Morgan fingerprint density at radius 1 is 1.33 bits per heavy atom. The van der Waals surface area contributed by atoms with E-state index in [0.29, 0.717) is 32.2 Å². The van der Waals surface area contributed by atoms with E-state index in [-0.39, 0.29) is 6.10 Å². The minimum Gasteiger partial charge on any atom is -0.392 e. The molecule has 0 radical (unpaired) electrons. The highest BCUT2D eigenvalue weighted by molar-refractivity contribution is 4.82. The lowest BCUT2D eigenvalue weighted by atomic mass is 10.2. The average molecular weight is 217 g/mol. The first kappa shape index (κ1) is 12.9. The third-order valence-corrected chi connectivity index (χ3v) is 2.70. The van der Waals surface area contributed by atoms with Crippen LogP contribution in [0.3, 0.4) is 0 Å². The second kappa shape index (κ2) is 6.43. The van der Waals surface area contributed by atoms with Gasteiger partial charge < -0.3 is 19.8 Å². The van der Waals surface area contributed by atoms with Gasteiger partial charge in [0.25, 0.3) is 0 Å². The number of rotatable bonds is 8. The number of likely N-dealkylation sites (N-methyl/N-ethyl adjacent to an activating group) is 1. The minimum absolute atomic E-state index is 0.228. The summed E-state index contributed by atoms with van der Waals surface area (Å²) >= 11 is 0. The summed E-state index contributed by atoms with van der Waals surface area (Å²) in [5.41, 5.74) is 0. The summed E-state index contributed by atoms with van der Waals surface area (Å²) in [7, 11) is 1.92. The zero-order valence-corrected chi connectivity index (χ0v) is 9.72. The Hall–Kier alpha value is -0.160. The quantitative estimate of drug-likeness (QED) is 0.605. The molecular formula is C11H23NO3. The zero-order chi connectivity index (χ0) is 11.3. The summed E-state index contributed by atoms with van der Waals surface area (Å²) in [5, 5.41) is 19.3. The highest BCUT2D eigenvalue weighted by Gasteiger charge is 2.30. The first-order valence-electron chi connectivity index (χ1n) is 5.76. The van der Waals surface area contributed by atoms with Crippen LogP contribution in [0.1, 0.15) is 19.8 Å². The van der Waals surface area contributed by atoms with Crippen LogP contribution in [-0.2, 0) is 4.74 Å². The van der Waals surface area contributed by atoms with E-state index < -0.39 is 6.10 Å². The monoisotopic (exact) mass is 217 g/mol. The molecule has 4 nitrogen and oxygen atoms in total. The number of hydrogen-bond acceptors (Lipinski definition) is 4. The fraction of sp³-hybridized carbons (Fsp3) is 1.00. The maximum atomic E-state index is 9.69. The van der Waals surface area contributed by atoms with Gasteiger partial charge in [0.2, 0.25) is 0 Å². The summed E-state index contributed by atoms with van der Waals surface area (Å²) < 4.78 is 5.12. The summed E-state index contributed by atoms with van der Waals surface area (Å²) in [6, 6.07) is 0. The fourth-order valence-corrected chi connectivity index (χ4v) is 1.69. The van der Waals surface area contributed by atoms with Crippen LogP contribution in [0.4, 0.5) is 0 Å². The van der Waals surface area contributed by atoms with Gasteiger partial charge in [0, 0.05) is 19.7 Å². The molecule has 1 saturated carbocycles. The van der Waals surface area contributed by atoms with E-state index in [1.165, 1.54) is 0 Å². The van der Waals surface area contributed by atoms with Gasteiger partial charge in [-0.3, -0.25) is 0 Å². The van der Waals surface area contributed by atoms with Crippen LogP contribution < -0.4 is 0 Å². The van der Waals surface area contributed by atoms with Gasteiger partial charge in [0.05, 0.1) is 18.8 Å². The van der Waals surface area contributed by atoms with E-state index in [1.807, 2.05) is 18.9 Å². The van der Waals surface area contributed by atoms with Crippen LogP contribution in [0.2, 0.25) is 0 Å². The van der Waals surface area contributed by atoms with Crippen LogP contribution in [0.25, 0.3) is 0 Å². The fourth-order valence-electron chi connectivity index (χ4n) is 1.69. The average Bonchev–Trinajstić information content (AvgIpc) is 2.97. The van der Waals surface area contributed by atoms with E-state index in [4.69, 9.17) is 4.74 Å². The van der Waals surface area contributed by atoms with Gasteiger partial charge in [-0.15, -0.1) is 0 Å². The van der Waals surface area contributed by atoms with E-state index in [0.717, 1.165) is 12.8 Å². The molecule has 4 heteroatoms. The van der Waals surface area contributed by atoms with E-state index in [9.17, 15) is 10.2 Å². The molecule has 0 aromatic rings. The summed E-state index contributed by atoms with van der Waals surface area (Å²) in [4.78, 5) is 1.96. The SMILES string of the molecule is CCOCC(O)CN(C)CC(O)C1CC1. The van der Waals surface area contributed by atoms with Crippen LogP contribution >= 0.6 is 0 Å². The normalized spacial score (nSPS) is 20.6. The molecule has 1 aliphatic rings. The van der Waals surface area contributed by atoms with Crippen molar-refractivity contribution in [1.82, 2.24) is 4.90 Å². The second-order valence-electron chi connectivity index (χ2n) is 4.44. The Morgan fingerprint density at radius 2 is 2.00 bits per heavy atom. The van der Waals surface area contributed by atoms with Crippen molar-refractivity contribution in [3.63, 3.8) is 0 Å². The number of aliphatic hydroxyl groups excluding tert-OH is 2. The molecule has 0 amide bonds. The van der Waals surface area contributed by atoms with Crippen molar-refractivity contribution < 1.29 is 14.9 Å². The third kappa shape index (κ3) is 5.47. The molecule has 90 valence electrons. The molecule has 1 aliphatic carbocycles. The topological polar surface area (TPSA) is 52.9 Å². The van der Waals surface area contributed by atoms with Gasteiger partial charge in [-0.05, 0) is 32.7 Å². The molecule has 1 fully saturated rings. The van der Waals surface area contributed by atoms with Gasteiger partial charge in [-0.25, -0.2) is 0 Å². The van der Waals surface area contributed by atoms with Crippen molar-refractivity contribution in [2.75, 3.05) is 33.4 Å². The van der Waals surface area contributed by atoms with Crippen LogP contribution in [-0.4, -0.2) is 60.7 Å². The zero-order valence-electron chi connectivity index (χ0n) is 9.72. The lowest BCUT2D eigenvalue weighted by molar-refractivity contribution is 0.0156. The van der Waals surface area contributed by atoms with Crippen LogP contribution in [0.5, 0.6) is 0 Å². The number of nitrogens with zero attached hydrogens (tertiary/aromatic N) is 1. The standard InChI is InChI=1S/C11H23NO3/c1-3-15-8-10(13)6-12(2)7-11(14)9-4-5-9/h9-11,13-14H,3-8H2,1-2H3. The Morgan fingerprint density at radius 3 is 2.53 bits per heavy atom. The smallest absolute Gasteiger partial charge is 0.0900 e. The number of hydrogen-bond donors (Lipinski definition) is 2. The minimum atomic E-state index is -0.457. The lowest BCUT2D eigenvalue weighted by Crippen LogP contribution is -2.37. The van der Waals surface area contributed by atoms with Gasteiger partial charge in [0.1, 0.15) is 0 Å². The Balaban J connectivity index is 2.07. The second-order valence-corrected chi connectivity index (χ2v) is 4.44. The third-order valence-electron chi connectivity index (χ3n) is 2.70. The van der Waals surface area contributed by atoms with Crippen molar-refractivity contribution in [1.29, 1.82) is 0 Å². The van der Waals surface area contributed by atoms with Gasteiger partial charge >= 0.3 is 0 Å². The molecule has 2 atom stereocenters. The van der Waals surface area contributed by atoms with Crippen molar-refractivity contribution in [2.45, 2.75) is 32.0 Å². The van der Waals surface area contributed by atoms with Crippen molar-refractivity contribution in [2.24, 2.45) is 5.92 Å². The predicted octanol–water partition coefficient (Wildman–Crippen LogP) is 0.0865. The summed E-state index contributed by atoms with van der Waals surface area (Å²) in [5.74, 6) is 0.497. The maximum absolute atomic E-state index is 9.69. The summed E-state index contributed by atoms with van der Waals surface area (Å²) in [6.07, 6.45) is 1.61. The van der Waals surface area contributed by atoms with E-state index in [2.05, 4.69) is 0 Å². The van der Waals surface area contributed by atoms with Gasteiger partial charge in [-0.1, -0.05) is 0 Å². The molecule has 0 heterocycles. The van der Waals surface area contributed by atoms with E-state index >= 15 is 0 Å². The molecule has 1 rings (SSSR count). The molecule has 0 aromatic heterocycles. The summed E-state index contributed by atoms with van der Waals surface area (Å²) in [6.45, 7) is 4.12. The van der Waals surface area contributed by atoms with Crippen LogP contribution in [0, 0.1) is 5.92 Å². The molecule has 0 spiro atoms. The lowest BCUT2D eigenvalue weighted by Gasteiger charge is -2.23. The molecular weight excluding hydrogens is 194 g/mol. The number of aliphatic hydroxyl groups is 2. The highest BCUT2D eigenvalue weighted by Crippen LogP contribution is 2.32. The van der Waals surface area contributed by atoms with Crippen molar-refractivity contribution >= 4 is 0 Å². The molecule has 0 aromatic carbocycles. The molecule has 0 saturated heterocycles. The Bertz CT molecular complexity index is 173. The first-order chi connectivity index (χ1) is 7.13. The molecule has 0 aliphatic heterocycles. The first-order valence-corrected chi connectivity index (χ1v) is 5.76. The number of ether oxygens (including phenoxy) is 1. The maximum Gasteiger partial charge on any atom is 0.0900 e. The Kier molecular flexibility index (Phi) is 5.53. The van der Waals surface area contributed by atoms with Gasteiger partial charge in [0.15, 0.2) is 0 Å². The molecule has 15 heavy (non-hydrogen) atoms. The molecule has 2 N–H and O–H groups in total. The largest absolute Gasteiger partial charge is 0.392 e. The van der Waals surface area contributed by atoms with E-state index in [1.54, 1.807) is 0 Å². The van der Waals surface area contributed by atoms with Crippen molar-refractivity contribution in [3.05, 3.63) is 0 Å². The Labute approximate surface area is 91.8 Å². The molecule has 2 unspecified atom stereocenters. The predicted molar refractivity (Wildman–Crippen MR) is 58.7 cm³/mol. The highest BCUT2D eigenvalue weighted by atomic mass is 16.5. The molecule has 0 bridgehead atoms.